The molecule has 0 aliphatic carbocycles. The molecule has 1 aromatic carbocycles. The lowest BCUT2D eigenvalue weighted by atomic mass is 10.1. The summed E-state index contributed by atoms with van der Waals surface area (Å²) in [5.41, 5.74) is 0.335. The van der Waals surface area contributed by atoms with E-state index in [-0.39, 0.29) is 12.5 Å². The van der Waals surface area contributed by atoms with Gasteiger partial charge in [-0.15, -0.1) is 0 Å². The van der Waals surface area contributed by atoms with Gasteiger partial charge in [-0.05, 0) is 30.3 Å². The first kappa shape index (κ1) is 14.4. The molecule has 5 nitrogen and oxygen atoms in total. The van der Waals surface area contributed by atoms with E-state index in [1.165, 1.54) is 13.4 Å². The van der Waals surface area contributed by atoms with Gasteiger partial charge in [-0.25, -0.2) is 0 Å². The zero-order valence-corrected chi connectivity index (χ0v) is 11.6. The number of aliphatic hydroxyl groups is 1. The lowest BCUT2D eigenvalue weighted by molar-refractivity contribution is 0.0904. The van der Waals surface area contributed by atoms with Crippen LogP contribution in [0.25, 0.3) is 0 Å². The van der Waals surface area contributed by atoms with E-state index in [1.807, 2.05) is 0 Å². The highest BCUT2D eigenvalue weighted by atomic mass is 35.5. The van der Waals surface area contributed by atoms with Crippen LogP contribution >= 0.6 is 11.6 Å². The van der Waals surface area contributed by atoms with Crippen LogP contribution in [0.3, 0.4) is 0 Å². The minimum absolute atomic E-state index is 0.269. The van der Waals surface area contributed by atoms with Crippen molar-refractivity contribution in [1.82, 2.24) is 5.32 Å². The number of halogens is 1. The number of aliphatic hydroxyl groups excluding tert-OH is 1. The van der Waals surface area contributed by atoms with Crippen LogP contribution in [0.15, 0.2) is 41.0 Å². The molecule has 0 spiro atoms. The number of benzene rings is 1. The summed E-state index contributed by atoms with van der Waals surface area (Å²) in [5.74, 6) is 0.467. The highest BCUT2D eigenvalue weighted by Gasteiger charge is 2.19. The first-order chi connectivity index (χ1) is 9.65. The van der Waals surface area contributed by atoms with Crippen molar-refractivity contribution in [2.24, 2.45) is 0 Å². The number of ether oxygens (including phenoxy) is 1. The van der Waals surface area contributed by atoms with Gasteiger partial charge < -0.3 is 19.6 Å². The third kappa shape index (κ3) is 3.12. The molecule has 0 saturated heterocycles. The van der Waals surface area contributed by atoms with Crippen LogP contribution in [0.5, 0.6) is 5.75 Å². The molecule has 106 valence electrons. The maximum Gasteiger partial charge on any atom is 0.255 e. The molecule has 1 amide bonds. The monoisotopic (exact) mass is 295 g/mol. The van der Waals surface area contributed by atoms with Crippen molar-refractivity contribution in [3.63, 3.8) is 0 Å². The molecule has 1 heterocycles. The number of methoxy groups -OCH3 is 1. The van der Waals surface area contributed by atoms with Crippen molar-refractivity contribution in [3.05, 3.63) is 52.9 Å². The van der Waals surface area contributed by atoms with Gasteiger partial charge in [0.05, 0.1) is 25.5 Å². The van der Waals surface area contributed by atoms with Crippen LogP contribution in [0.2, 0.25) is 5.02 Å². The molecule has 2 rings (SSSR count). The van der Waals surface area contributed by atoms with Crippen LogP contribution in [0, 0.1) is 0 Å². The molecule has 1 atom stereocenters. The molecule has 0 fully saturated rings. The van der Waals surface area contributed by atoms with Crippen LogP contribution < -0.4 is 10.1 Å². The Morgan fingerprint density at radius 1 is 1.50 bits per heavy atom. The van der Waals surface area contributed by atoms with Crippen molar-refractivity contribution in [1.29, 1.82) is 0 Å². The number of hydrogen-bond donors (Lipinski definition) is 2. The number of carbonyl (C=O) groups excluding carboxylic acids is 1. The minimum Gasteiger partial charge on any atom is -0.496 e. The van der Waals surface area contributed by atoms with E-state index >= 15 is 0 Å². The van der Waals surface area contributed by atoms with Crippen molar-refractivity contribution in [2.75, 3.05) is 13.7 Å². The van der Waals surface area contributed by atoms with Crippen LogP contribution in [0.4, 0.5) is 0 Å². The van der Waals surface area contributed by atoms with E-state index in [1.54, 1.807) is 30.3 Å². The minimum atomic E-state index is -0.613. The maximum absolute atomic E-state index is 12.2. The smallest absolute Gasteiger partial charge is 0.255 e. The third-order valence-electron chi connectivity index (χ3n) is 2.78. The summed E-state index contributed by atoms with van der Waals surface area (Å²) in [4.78, 5) is 12.2. The maximum atomic E-state index is 12.2. The van der Waals surface area contributed by atoms with Crippen molar-refractivity contribution in [3.8, 4) is 5.75 Å². The zero-order chi connectivity index (χ0) is 14.5. The molecule has 0 bridgehead atoms. The molecule has 0 aliphatic rings. The summed E-state index contributed by atoms with van der Waals surface area (Å²) in [5, 5.41) is 12.5. The Kier molecular flexibility index (Phi) is 4.65. The summed E-state index contributed by atoms with van der Waals surface area (Å²) in [6.45, 7) is -0.269. The second kappa shape index (κ2) is 6.45. The Labute approximate surface area is 121 Å². The largest absolute Gasteiger partial charge is 0.496 e. The molecule has 2 aromatic rings. The molecular weight excluding hydrogens is 282 g/mol. The SMILES string of the molecule is COc1cc(Cl)ccc1C(=O)NC(CO)c1ccco1. The predicted molar refractivity (Wildman–Crippen MR) is 74.0 cm³/mol. The zero-order valence-electron chi connectivity index (χ0n) is 10.8. The Balaban J connectivity index is 2.19. The van der Waals surface area contributed by atoms with Crippen LogP contribution in [-0.4, -0.2) is 24.7 Å². The van der Waals surface area contributed by atoms with Crippen molar-refractivity contribution < 1.29 is 19.1 Å². The predicted octanol–water partition coefficient (Wildman–Crippen LogP) is 2.41. The molecular formula is C14H14ClNO4. The number of nitrogens with one attached hydrogen (secondary N) is 1. The van der Waals surface area contributed by atoms with Crippen LogP contribution in [0.1, 0.15) is 22.2 Å². The van der Waals surface area contributed by atoms with Gasteiger partial charge in [0, 0.05) is 5.02 Å². The van der Waals surface area contributed by atoms with E-state index in [4.69, 9.17) is 20.8 Å². The fourth-order valence-electron chi connectivity index (χ4n) is 1.78. The summed E-state index contributed by atoms with van der Waals surface area (Å²) in [6, 6.07) is 7.47. The van der Waals surface area contributed by atoms with Gasteiger partial charge in [0.25, 0.3) is 5.91 Å². The Morgan fingerprint density at radius 2 is 2.30 bits per heavy atom. The van der Waals surface area contributed by atoms with Crippen molar-refractivity contribution in [2.45, 2.75) is 6.04 Å². The Hall–Kier alpha value is -1.98. The van der Waals surface area contributed by atoms with E-state index in [0.717, 1.165) is 0 Å². The molecule has 1 aromatic heterocycles. The Bertz CT molecular complexity index is 583. The van der Waals surface area contributed by atoms with E-state index in [2.05, 4.69) is 5.32 Å². The number of furan rings is 1. The van der Waals surface area contributed by atoms with Gasteiger partial charge >= 0.3 is 0 Å². The first-order valence-electron chi connectivity index (χ1n) is 5.94. The van der Waals surface area contributed by atoms with Gasteiger partial charge in [0.1, 0.15) is 17.6 Å². The summed E-state index contributed by atoms with van der Waals surface area (Å²) in [6.07, 6.45) is 1.48. The summed E-state index contributed by atoms with van der Waals surface area (Å²) in [7, 11) is 1.46. The lowest BCUT2D eigenvalue weighted by Crippen LogP contribution is -2.30. The average Bonchev–Trinajstić information content (AvgIpc) is 2.98. The Morgan fingerprint density at radius 3 is 2.90 bits per heavy atom. The summed E-state index contributed by atoms with van der Waals surface area (Å²) >= 11 is 5.85. The van der Waals surface area contributed by atoms with Gasteiger partial charge in [-0.3, -0.25) is 4.79 Å². The quantitative estimate of drug-likeness (QED) is 0.888. The van der Waals surface area contributed by atoms with Crippen molar-refractivity contribution >= 4 is 17.5 Å². The number of hydrogen-bond acceptors (Lipinski definition) is 4. The van der Waals surface area contributed by atoms with Crippen LogP contribution in [-0.2, 0) is 0 Å². The second-order valence-corrected chi connectivity index (χ2v) is 4.51. The molecule has 2 N–H and O–H groups in total. The summed E-state index contributed by atoms with van der Waals surface area (Å²) < 4.78 is 10.3. The number of carbonyl (C=O) groups is 1. The molecule has 0 radical (unpaired) electrons. The first-order valence-corrected chi connectivity index (χ1v) is 6.32. The van der Waals surface area contributed by atoms with E-state index < -0.39 is 6.04 Å². The average molecular weight is 296 g/mol. The molecule has 1 unspecified atom stereocenters. The highest BCUT2D eigenvalue weighted by molar-refractivity contribution is 6.30. The number of rotatable bonds is 5. The van der Waals surface area contributed by atoms with E-state index in [0.29, 0.717) is 22.1 Å². The fraction of sp³-hybridized carbons (Fsp3) is 0.214. The fourth-order valence-corrected chi connectivity index (χ4v) is 1.95. The second-order valence-electron chi connectivity index (χ2n) is 4.07. The lowest BCUT2D eigenvalue weighted by Gasteiger charge is -2.15. The van der Waals surface area contributed by atoms with Gasteiger partial charge in [-0.1, -0.05) is 11.6 Å². The molecule has 6 heteroatoms. The molecule has 0 saturated carbocycles. The topological polar surface area (TPSA) is 71.7 Å². The molecule has 0 aliphatic heterocycles. The van der Waals surface area contributed by atoms with Gasteiger partial charge in [-0.2, -0.15) is 0 Å². The number of amides is 1. The third-order valence-corrected chi connectivity index (χ3v) is 3.02. The molecule has 20 heavy (non-hydrogen) atoms. The van der Waals surface area contributed by atoms with Gasteiger partial charge in [0.15, 0.2) is 0 Å². The standard InChI is InChI=1S/C14H14ClNO4/c1-19-13-7-9(15)4-5-10(13)14(18)16-11(8-17)12-3-2-6-20-12/h2-7,11,17H,8H2,1H3,(H,16,18). The van der Waals surface area contributed by atoms with E-state index in [9.17, 15) is 9.90 Å². The normalized spacial score (nSPS) is 11.9. The van der Waals surface area contributed by atoms with Gasteiger partial charge in [0.2, 0.25) is 0 Å². The highest BCUT2D eigenvalue weighted by Crippen LogP contribution is 2.24.